The highest BCUT2D eigenvalue weighted by atomic mass is 15.2. The average molecular weight is 274 g/mol. The van der Waals surface area contributed by atoms with Gasteiger partial charge < -0.3 is 10.2 Å². The molecule has 1 aliphatic heterocycles. The Labute approximate surface area is 124 Å². The van der Waals surface area contributed by atoms with Crippen molar-refractivity contribution < 1.29 is 0 Å². The summed E-state index contributed by atoms with van der Waals surface area (Å²) in [7, 11) is 0. The van der Waals surface area contributed by atoms with Gasteiger partial charge in [-0.1, -0.05) is 46.8 Å². The third-order valence-corrected chi connectivity index (χ3v) is 4.59. The highest BCUT2D eigenvalue weighted by Gasteiger charge is 2.33. The van der Waals surface area contributed by atoms with Crippen LogP contribution in [0.25, 0.3) is 0 Å². The fraction of sp³-hybridized carbons (Fsp3) is 0.667. The number of piperazine rings is 1. The van der Waals surface area contributed by atoms with Gasteiger partial charge in [-0.2, -0.15) is 0 Å². The van der Waals surface area contributed by atoms with Crippen LogP contribution >= 0.6 is 0 Å². The SMILES string of the molecule is CCc1cccc(N2CC(C(C)(C)C)NCC2CC)c1. The first kappa shape index (κ1) is 15.4. The molecule has 2 nitrogen and oxygen atoms in total. The molecule has 0 amide bonds. The van der Waals surface area contributed by atoms with Gasteiger partial charge in [-0.25, -0.2) is 0 Å². The van der Waals surface area contributed by atoms with Crippen LogP contribution in [0.3, 0.4) is 0 Å². The molecule has 1 aromatic rings. The van der Waals surface area contributed by atoms with Crippen LogP contribution in [0, 0.1) is 5.41 Å². The molecule has 2 atom stereocenters. The van der Waals surface area contributed by atoms with Gasteiger partial charge in [-0.3, -0.25) is 0 Å². The van der Waals surface area contributed by atoms with Crippen molar-refractivity contribution in [2.24, 2.45) is 5.41 Å². The monoisotopic (exact) mass is 274 g/mol. The number of hydrogen-bond donors (Lipinski definition) is 1. The minimum atomic E-state index is 0.305. The molecule has 0 spiro atoms. The fourth-order valence-corrected chi connectivity index (χ4v) is 3.01. The maximum absolute atomic E-state index is 3.75. The quantitative estimate of drug-likeness (QED) is 0.900. The van der Waals surface area contributed by atoms with Crippen LogP contribution in [0.1, 0.15) is 46.6 Å². The second kappa shape index (κ2) is 6.17. The van der Waals surface area contributed by atoms with E-state index in [4.69, 9.17) is 0 Å². The van der Waals surface area contributed by atoms with Crippen molar-refractivity contribution in [2.45, 2.75) is 59.5 Å². The predicted molar refractivity (Wildman–Crippen MR) is 88.5 cm³/mol. The molecule has 0 radical (unpaired) electrons. The summed E-state index contributed by atoms with van der Waals surface area (Å²) in [5, 5.41) is 3.75. The van der Waals surface area contributed by atoms with E-state index >= 15 is 0 Å². The normalized spacial score (nSPS) is 23.9. The van der Waals surface area contributed by atoms with Crippen LogP contribution in [-0.4, -0.2) is 25.2 Å². The molecule has 20 heavy (non-hydrogen) atoms. The highest BCUT2D eigenvalue weighted by Crippen LogP contribution is 2.28. The minimum Gasteiger partial charge on any atom is -0.366 e. The molecule has 0 saturated carbocycles. The Bertz CT molecular complexity index is 433. The first-order valence-electron chi connectivity index (χ1n) is 8.04. The number of nitrogens with zero attached hydrogens (tertiary/aromatic N) is 1. The van der Waals surface area contributed by atoms with E-state index in [2.05, 4.69) is 69.1 Å². The van der Waals surface area contributed by atoms with Gasteiger partial charge in [0.05, 0.1) is 0 Å². The van der Waals surface area contributed by atoms with Gasteiger partial charge in [-0.05, 0) is 36.0 Å². The second-order valence-electron chi connectivity index (χ2n) is 7.06. The van der Waals surface area contributed by atoms with Gasteiger partial charge in [0.2, 0.25) is 0 Å². The Morgan fingerprint density at radius 2 is 2.00 bits per heavy atom. The Hall–Kier alpha value is -1.02. The number of hydrogen-bond acceptors (Lipinski definition) is 2. The first-order valence-corrected chi connectivity index (χ1v) is 8.04. The van der Waals surface area contributed by atoms with E-state index < -0.39 is 0 Å². The summed E-state index contributed by atoms with van der Waals surface area (Å²) in [5.41, 5.74) is 3.13. The van der Waals surface area contributed by atoms with Gasteiger partial charge in [0.15, 0.2) is 0 Å². The lowest BCUT2D eigenvalue weighted by atomic mass is 9.84. The van der Waals surface area contributed by atoms with Crippen LogP contribution in [0.15, 0.2) is 24.3 Å². The van der Waals surface area contributed by atoms with Gasteiger partial charge in [0, 0.05) is 30.9 Å². The Balaban J connectivity index is 2.24. The summed E-state index contributed by atoms with van der Waals surface area (Å²) in [5.74, 6) is 0. The summed E-state index contributed by atoms with van der Waals surface area (Å²) >= 11 is 0. The summed E-state index contributed by atoms with van der Waals surface area (Å²) in [6.07, 6.45) is 2.31. The molecule has 0 aliphatic carbocycles. The summed E-state index contributed by atoms with van der Waals surface area (Å²) in [4.78, 5) is 2.62. The topological polar surface area (TPSA) is 15.3 Å². The molecule has 2 heteroatoms. The van der Waals surface area contributed by atoms with E-state index in [1.54, 1.807) is 0 Å². The molecule has 1 fully saturated rings. The van der Waals surface area contributed by atoms with E-state index in [0.717, 1.165) is 19.5 Å². The van der Waals surface area contributed by atoms with Crippen LogP contribution in [-0.2, 0) is 6.42 Å². The first-order chi connectivity index (χ1) is 9.45. The zero-order valence-electron chi connectivity index (χ0n) is 13.7. The van der Waals surface area contributed by atoms with Crippen molar-refractivity contribution in [3.8, 4) is 0 Å². The fourth-order valence-electron chi connectivity index (χ4n) is 3.01. The highest BCUT2D eigenvalue weighted by molar-refractivity contribution is 5.50. The van der Waals surface area contributed by atoms with Crippen molar-refractivity contribution >= 4 is 5.69 Å². The minimum absolute atomic E-state index is 0.305. The van der Waals surface area contributed by atoms with Gasteiger partial charge in [0.1, 0.15) is 0 Å². The van der Waals surface area contributed by atoms with Crippen LogP contribution < -0.4 is 10.2 Å². The van der Waals surface area contributed by atoms with Crippen molar-refractivity contribution in [1.29, 1.82) is 0 Å². The number of nitrogens with one attached hydrogen (secondary N) is 1. The van der Waals surface area contributed by atoms with Crippen molar-refractivity contribution in [2.75, 3.05) is 18.0 Å². The molecule has 1 aromatic carbocycles. The van der Waals surface area contributed by atoms with Crippen LogP contribution in [0.5, 0.6) is 0 Å². The summed E-state index contributed by atoms with van der Waals surface area (Å²) in [6, 6.07) is 10.2. The molecule has 0 bridgehead atoms. The van der Waals surface area contributed by atoms with E-state index in [1.807, 2.05) is 0 Å². The smallest absolute Gasteiger partial charge is 0.0412 e. The van der Waals surface area contributed by atoms with Crippen molar-refractivity contribution in [1.82, 2.24) is 5.32 Å². The Morgan fingerprint density at radius 3 is 2.60 bits per heavy atom. The van der Waals surface area contributed by atoms with E-state index in [9.17, 15) is 0 Å². The molecule has 0 aromatic heterocycles. The maximum Gasteiger partial charge on any atom is 0.0412 e. The number of benzene rings is 1. The summed E-state index contributed by atoms with van der Waals surface area (Å²) in [6.45, 7) is 13.7. The predicted octanol–water partition coefficient (Wildman–Crippen LogP) is 3.85. The van der Waals surface area contributed by atoms with Gasteiger partial charge in [0.25, 0.3) is 0 Å². The molecule has 1 N–H and O–H groups in total. The third-order valence-electron chi connectivity index (χ3n) is 4.59. The van der Waals surface area contributed by atoms with Crippen molar-refractivity contribution in [3.63, 3.8) is 0 Å². The third kappa shape index (κ3) is 3.35. The average Bonchev–Trinajstić information content (AvgIpc) is 2.45. The van der Waals surface area contributed by atoms with Gasteiger partial charge in [-0.15, -0.1) is 0 Å². The lowest BCUT2D eigenvalue weighted by Crippen LogP contribution is -2.60. The van der Waals surface area contributed by atoms with Crippen molar-refractivity contribution in [3.05, 3.63) is 29.8 Å². The number of anilines is 1. The number of aryl methyl sites for hydroxylation is 1. The van der Waals surface area contributed by atoms with E-state index in [-0.39, 0.29) is 0 Å². The molecule has 1 aliphatic rings. The molecular weight excluding hydrogens is 244 g/mol. The molecule has 2 unspecified atom stereocenters. The lowest BCUT2D eigenvalue weighted by molar-refractivity contribution is 0.233. The molecule has 112 valence electrons. The Kier molecular flexibility index (Phi) is 4.74. The van der Waals surface area contributed by atoms with Gasteiger partial charge >= 0.3 is 0 Å². The molecular formula is C18H30N2. The van der Waals surface area contributed by atoms with E-state index in [0.29, 0.717) is 17.5 Å². The number of rotatable bonds is 3. The standard InChI is InChI=1S/C18H30N2/c1-6-14-9-8-10-16(11-14)20-13-17(18(3,4)5)19-12-15(20)7-2/h8-11,15,17,19H,6-7,12-13H2,1-5H3. The molecule has 1 saturated heterocycles. The molecule has 2 rings (SSSR count). The second-order valence-corrected chi connectivity index (χ2v) is 7.06. The summed E-state index contributed by atoms with van der Waals surface area (Å²) < 4.78 is 0. The lowest BCUT2D eigenvalue weighted by Gasteiger charge is -2.46. The zero-order chi connectivity index (χ0) is 14.8. The van der Waals surface area contributed by atoms with Crippen LogP contribution in [0.4, 0.5) is 5.69 Å². The largest absolute Gasteiger partial charge is 0.366 e. The maximum atomic E-state index is 3.75. The Morgan fingerprint density at radius 1 is 1.25 bits per heavy atom. The van der Waals surface area contributed by atoms with Crippen LogP contribution in [0.2, 0.25) is 0 Å². The molecule has 1 heterocycles. The van der Waals surface area contributed by atoms with E-state index in [1.165, 1.54) is 17.7 Å². The zero-order valence-corrected chi connectivity index (χ0v) is 13.7.